The van der Waals surface area contributed by atoms with Crippen molar-refractivity contribution in [2.75, 3.05) is 13.1 Å². The van der Waals surface area contributed by atoms with Gasteiger partial charge < -0.3 is 19.9 Å². The maximum absolute atomic E-state index is 12.8. The maximum atomic E-state index is 12.8. The van der Waals surface area contributed by atoms with E-state index in [1.807, 2.05) is 0 Å². The molecule has 0 bridgehead atoms. The highest BCUT2D eigenvalue weighted by atomic mass is 19.3. The summed E-state index contributed by atoms with van der Waals surface area (Å²) in [5.41, 5.74) is 0.292. The first-order valence-electron chi connectivity index (χ1n) is 7.83. The Bertz CT molecular complexity index is 695. The number of nitrogens with zero attached hydrogens (tertiary/aromatic N) is 2. The molecule has 1 unspecified atom stereocenters. The van der Waals surface area contributed by atoms with E-state index < -0.39 is 18.8 Å². The molecule has 2 aliphatic heterocycles. The molecule has 1 aromatic carbocycles. The van der Waals surface area contributed by atoms with Crippen molar-refractivity contribution in [3.63, 3.8) is 0 Å². The van der Waals surface area contributed by atoms with Crippen LogP contribution in [0.3, 0.4) is 0 Å². The van der Waals surface area contributed by atoms with Gasteiger partial charge in [-0.3, -0.25) is 14.4 Å². The first kappa shape index (κ1) is 17.1. The zero-order valence-electron chi connectivity index (χ0n) is 13.4. The third-order valence-electron chi connectivity index (χ3n) is 4.38. The number of halogens is 2. The number of benzene rings is 1. The van der Waals surface area contributed by atoms with Gasteiger partial charge in [-0.25, -0.2) is 0 Å². The van der Waals surface area contributed by atoms with Gasteiger partial charge in [-0.15, -0.1) is 0 Å². The van der Waals surface area contributed by atoms with Gasteiger partial charge in [0.2, 0.25) is 11.8 Å². The van der Waals surface area contributed by atoms with E-state index >= 15 is 0 Å². The zero-order valence-corrected chi connectivity index (χ0v) is 13.4. The van der Waals surface area contributed by atoms with Gasteiger partial charge in [0.15, 0.2) is 0 Å². The fourth-order valence-corrected chi connectivity index (χ4v) is 3.14. The van der Waals surface area contributed by atoms with Gasteiger partial charge in [0.05, 0.1) is 6.54 Å². The fourth-order valence-electron chi connectivity index (χ4n) is 3.14. The molecule has 0 spiro atoms. The molecule has 2 saturated heterocycles. The van der Waals surface area contributed by atoms with Crippen molar-refractivity contribution >= 4 is 17.7 Å². The van der Waals surface area contributed by atoms with Crippen molar-refractivity contribution in [2.24, 2.45) is 0 Å². The van der Waals surface area contributed by atoms with Gasteiger partial charge in [0, 0.05) is 18.5 Å². The number of carbonyl (C=O) groups is 3. The molecule has 134 valence electrons. The smallest absolute Gasteiger partial charge is 0.387 e. The molecule has 2 heterocycles. The van der Waals surface area contributed by atoms with Crippen LogP contribution in [0.25, 0.3) is 0 Å². The summed E-state index contributed by atoms with van der Waals surface area (Å²) >= 11 is 0. The second kappa shape index (κ2) is 6.66. The van der Waals surface area contributed by atoms with Crippen LogP contribution in [0.1, 0.15) is 23.7 Å². The van der Waals surface area contributed by atoms with Crippen LogP contribution in [-0.2, 0) is 9.59 Å². The minimum absolute atomic E-state index is 0.0412. The number of amides is 3. The summed E-state index contributed by atoms with van der Waals surface area (Å²) < 4.78 is 28.6. The van der Waals surface area contributed by atoms with Gasteiger partial charge in [0.25, 0.3) is 5.91 Å². The van der Waals surface area contributed by atoms with Crippen LogP contribution >= 0.6 is 0 Å². The summed E-state index contributed by atoms with van der Waals surface area (Å²) in [6, 6.07) is 4.72. The van der Waals surface area contributed by atoms with Crippen molar-refractivity contribution in [2.45, 2.75) is 32.2 Å². The Hall–Kier alpha value is -2.71. The Morgan fingerprint density at radius 1 is 1.28 bits per heavy atom. The second-order valence-corrected chi connectivity index (χ2v) is 5.85. The van der Waals surface area contributed by atoms with Gasteiger partial charge in [-0.1, -0.05) is 0 Å². The van der Waals surface area contributed by atoms with E-state index in [1.165, 1.54) is 34.1 Å². The van der Waals surface area contributed by atoms with E-state index in [4.69, 9.17) is 0 Å². The Labute approximate surface area is 142 Å². The number of carbonyl (C=O) groups excluding carboxylic acids is 3. The SMILES string of the molecule is C[C@H]1C(=O)NCC2N(C(=O)c3ccc(OC(F)F)cc3)CCC(=O)N21. The molecule has 1 aromatic rings. The van der Waals surface area contributed by atoms with Crippen LogP contribution < -0.4 is 10.1 Å². The zero-order chi connectivity index (χ0) is 18.1. The molecule has 7 nitrogen and oxygen atoms in total. The lowest BCUT2D eigenvalue weighted by Crippen LogP contribution is -2.70. The predicted molar refractivity (Wildman–Crippen MR) is 81.8 cm³/mol. The maximum Gasteiger partial charge on any atom is 0.387 e. The number of rotatable bonds is 3. The van der Waals surface area contributed by atoms with Gasteiger partial charge in [-0.05, 0) is 31.2 Å². The molecule has 25 heavy (non-hydrogen) atoms. The van der Waals surface area contributed by atoms with Crippen molar-refractivity contribution in [3.05, 3.63) is 29.8 Å². The first-order valence-corrected chi connectivity index (χ1v) is 7.83. The minimum Gasteiger partial charge on any atom is -0.435 e. The largest absolute Gasteiger partial charge is 0.435 e. The van der Waals surface area contributed by atoms with E-state index in [-0.39, 0.29) is 43.0 Å². The highest BCUT2D eigenvalue weighted by molar-refractivity contribution is 5.97. The molecular formula is C16H17F2N3O4. The number of nitrogens with one attached hydrogen (secondary N) is 1. The van der Waals surface area contributed by atoms with Crippen LogP contribution in [0.15, 0.2) is 24.3 Å². The Balaban J connectivity index is 1.79. The molecule has 2 aliphatic rings. The second-order valence-electron chi connectivity index (χ2n) is 5.85. The fraction of sp³-hybridized carbons (Fsp3) is 0.438. The average molecular weight is 353 g/mol. The summed E-state index contributed by atoms with van der Waals surface area (Å²) in [7, 11) is 0. The van der Waals surface area contributed by atoms with Gasteiger partial charge >= 0.3 is 6.61 Å². The lowest BCUT2D eigenvalue weighted by molar-refractivity contribution is -0.155. The number of fused-ring (bicyclic) bond motifs is 1. The van der Waals surface area contributed by atoms with Crippen molar-refractivity contribution in [1.29, 1.82) is 0 Å². The van der Waals surface area contributed by atoms with Crippen LogP contribution in [0, 0.1) is 0 Å². The number of hydrogen-bond acceptors (Lipinski definition) is 4. The summed E-state index contributed by atoms with van der Waals surface area (Å²) in [5, 5.41) is 2.69. The topological polar surface area (TPSA) is 79.0 Å². The quantitative estimate of drug-likeness (QED) is 0.872. The monoisotopic (exact) mass is 353 g/mol. The van der Waals surface area contributed by atoms with Crippen molar-refractivity contribution in [3.8, 4) is 5.75 Å². The van der Waals surface area contributed by atoms with E-state index in [1.54, 1.807) is 6.92 Å². The highest BCUT2D eigenvalue weighted by Crippen LogP contribution is 2.24. The molecule has 1 N–H and O–H groups in total. The third kappa shape index (κ3) is 3.26. The number of hydrogen-bond donors (Lipinski definition) is 1. The highest BCUT2D eigenvalue weighted by Gasteiger charge is 2.44. The van der Waals surface area contributed by atoms with Gasteiger partial charge in [0.1, 0.15) is 18.0 Å². The lowest BCUT2D eigenvalue weighted by Gasteiger charge is -2.48. The molecule has 9 heteroatoms. The third-order valence-corrected chi connectivity index (χ3v) is 4.38. The number of piperazine rings is 1. The van der Waals surface area contributed by atoms with Crippen LogP contribution in [-0.4, -0.2) is 59.4 Å². The molecular weight excluding hydrogens is 336 g/mol. The molecule has 0 aliphatic carbocycles. The van der Waals surface area contributed by atoms with Crippen LogP contribution in [0.5, 0.6) is 5.75 Å². The molecule has 3 amide bonds. The van der Waals surface area contributed by atoms with E-state index in [9.17, 15) is 23.2 Å². The Morgan fingerprint density at radius 2 is 1.96 bits per heavy atom. The van der Waals surface area contributed by atoms with E-state index in [0.717, 1.165) is 0 Å². The van der Waals surface area contributed by atoms with E-state index in [2.05, 4.69) is 10.1 Å². The Kier molecular flexibility index (Phi) is 4.56. The summed E-state index contributed by atoms with van der Waals surface area (Å²) in [5.74, 6) is -0.806. The Morgan fingerprint density at radius 3 is 2.60 bits per heavy atom. The average Bonchev–Trinajstić information content (AvgIpc) is 2.58. The molecule has 0 aromatic heterocycles. The van der Waals surface area contributed by atoms with Crippen LogP contribution in [0.2, 0.25) is 0 Å². The van der Waals surface area contributed by atoms with Crippen LogP contribution in [0.4, 0.5) is 8.78 Å². The summed E-state index contributed by atoms with van der Waals surface area (Å²) in [6.07, 6.45) is -0.426. The summed E-state index contributed by atoms with van der Waals surface area (Å²) in [4.78, 5) is 39.6. The molecule has 2 atom stereocenters. The first-order chi connectivity index (χ1) is 11.9. The van der Waals surface area contributed by atoms with Crippen molar-refractivity contribution in [1.82, 2.24) is 15.1 Å². The minimum atomic E-state index is -2.93. The van der Waals surface area contributed by atoms with E-state index in [0.29, 0.717) is 5.56 Å². The molecule has 2 fully saturated rings. The normalized spacial score (nSPS) is 23.4. The predicted octanol–water partition coefficient (Wildman–Crippen LogP) is 0.807. The van der Waals surface area contributed by atoms with Gasteiger partial charge in [-0.2, -0.15) is 8.78 Å². The summed E-state index contributed by atoms with van der Waals surface area (Å²) in [6.45, 7) is -0.927. The van der Waals surface area contributed by atoms with Crippen molar-refractivity contribution < 1.29 is 27.9 Å². The molecule has 0 radical (unpaired) electrons. The number of ether oxygens (including phenoxy) is 1. The molecule has 0 saturated carbocycles. The standard InChI is InChI=1S/C16H17F2N3O4/c1-9-14(23)19-8-12-20(7-6-13(22)21(9)12)15(24)10-2-4-11(5-3-10)25-16(17)18/h2-5,9,12,16H,6-8H2,1H3,(H,19,23)/t9-,12?/m0/s1. The molecule has 3 rings (SSSR count). The number of alkyl halides is 2. The lowest BCUT2D eigenvalue weighted by atomic mass is 10.1.